The Morgan fingerprint density at radius 3 is 2.54 bits per heavy atom. The molecule has 0 spiro atoms. The van der Waals surface area contributed by atoms with Gasteiger partial charge in [-0.2, -0.15) is 0 Å². The second kappa shape index (κ2) is 8.75. The zero-order valence-corrected chi connectivity index (χ0v) is 16.4. The van der Waals surface area contributed by atoms with E-state index in [9.17, 15) is 4.79 Å². The van der Waals surface area contributed by atoms with Gasteiger partial charge in [-0.1, -0.05) is 11.6 Å². The van der Waals surface area contributed by atoms with Crippen molar-refractivity contribution in [2.45, 2.75) is 19.4 Å². The molecule has 0 aliphatic rings. The van der Waals surface area contributed by atoms with Crippen molar-refractivity contribution in [3.63, 3.8) is 0 Å². The minimum atomic E-state index is -0.697. The first-order valence-corrected chi connectivity index (χ1v) is 8.87. The number of hydrogen-bond acceptors (Lipinski definition) is 7. The molecule has 1 aromatic heterocycles. The summed E-state index contributed by atoms with van der Waals surface area (Å²) in [4.78, 5) is 12.3. The second-order valence-corrected chi connectivity index (χ2v) is 6.38. The van der Waals surface area contributed by atoms with Gasteiger partial charge in [0.15, 0.2) is 6.10 Å². The number of hydrogen-bond donors (Lipinski definition) is 0. The van der Waals surface area contributed by atoms with Crippen molar-refractivity contribution in [3.05, 3.63) is 58.9 Å². The topological polar surface area (TPSA) is 83.7 Å². The fraction of sp³-hybridized carbons (Fsp3) is 0.250. The lowest BCUT2D eigenvalue weighted by molar-refractivity contribution is -0.148. The summed E-state index contributed by atoms with van der Waals surface area (Å²) in [5, 5.41) is 8.49. The fourth-order valence-corrected chi connectivity index (χ4v) is 2.77. The van der Waals surface area contributed by atoms with E-state index in [2.05, 4.69) is 10.2 Å². The van der Waals surface area contributed by atoms with Crippen molar-refractivity contribution in [1.29, 1.82) is 0 Å². The predicted octanol–water partition coefficient (Wildman–Crippen LogP) is 4.25. The second-order valence-electron chi connectivity index (χ2n) is 5.94. The third kappa shape index (κ3) is 4.61. The minimum absolute atomic E-state index is 0.00749. The maximum atomic E-state index is 12.3. The molecule has 0 saturated heterocycles. The first-order chi connectivity index (χ1) is 13.5. The van der Waals surface area contributed by atoms with E-state index >= 15 is 0 Å². The highest BCUT2D eigenvalue weighted by Crippen LogP contribution is 2.26. The number of methoxy groups -OCH3 is 2. The van der Waals surface area contributed by atoms with E-state index < -0.39 is 12.1 Å². The quantitative estimate of drug-likeness (QED) is 0.546. The van der Waals surface area contributed by atoms with E-state index in [-0.39, 0.29) is 12.3 Å². The van der Waals surface area contributed by atoms with E-state index in [0.717, 1.165) is 11.3 Å². The van der Waals surface area contributed by atoms with Crippen LogP contribution in [0.15, 0.2) is 46.9 Å². The molecule has 1 atom stereocenters. The molecule has 3 aromatic rings. The first-order valence-electron chi connectivity index (χ1n) is 8.50. The maximum Gasteiger partial charge on any atom is 0.311 e. The number of aromatic nitrogens is 2. The number of carbonyl (C=O) groups is 1. The lowest BCUT2D eigenvalue weighted by Crippen LogP contribution is -2.12. The van der Waals surface area contributed by atoms with Crippen molar-refractivity contribution in [2.75, 3.05) is 14.2 Å². The summed E-state index contributed by atoms with van der Waals surface area (Å²) in [6, 6.07) is 12.3. The summed E-state index contributed by atoms with van der Waals surface area (Å²) in [6.45, 7) is 1.67. The Morgan fingerprint density at radius 2 is 1.86 bits per heavy atom. The lowest BCUT2D eigenvalue weighted by atomic mass is 10.1. The van der Waals surface area contributed by atoms with Crippen LogP contribution in [-0.4, -0.2) is 30.4 Å². The highest BCUT2D eigenvalue weighted by atomic mass is 35.5. The average Bonchev–Trinajstić information content (AvgIpc) is 3.18. The van der Waals surface area contributed by atoms with Gasteiger partial charge < -0.3 is 18.6 Å². The molecule has 0 saturated carbocycles. The van der Waals surface area contributed by atoms with Crippen LogP contribution < -0.4 is 9.47 Å². The smallest absolute Gasteiger partial charge is 0.311 e. The first kappa shape index (κ1) is 19.7. The molecule has 1 heterocycles. The standard InChI is InChI=1S/C20H19ClN2O5/c1-12(27-18(24)11-14-10-15(21)6-9-17(14)26-3)19-22-23-20(28-19)13-4-7-16(25-2)8-5-13/h4-10,12H,11H2,1-3H3/t12-/m0/s1. The summed E-state index contributed by atoms with van der Waals surface area (Å²) in [6.07, 6.45) is -0.690. The van der Waals surface area contributed by atoms with Crippen molar-refractivity contribution in [1.82, 2.24) is 10.2 Å². The number of benzene rings is 2. The van der Waals surface area contributed by atoms with Gasteiger partial charge in [-0.15, -0.1) is 10.2 Å². The monoisotopic (exact) mass is 402 g/mol. The molecule has 0 fully saturated rings. The molecule has 0 radical (unpaired) electrons. The van der Waals surface area contributed by atoms with Crippen LogP contribution in [0.1, 0.15) is 24.5 Å². The van der Waals surface area contributed by atoms with Crippen molar-refractivity contribution < 1.29 is 23.4 Å². The van der Waals surface area contributed by atoms with Gasteiger partial charge in [-0.05, 0) is 49.4 Å². The van der Waals surface area contributed by atoms with Crippen LogP contribution in [0, 0.1) is 0 Å². The van der Waals surface area contributed by atoms with Crippen LogP contribution in [-0.2, 0) is 16.0 Å². The molecule has 7 nitrogen and oxygen atoms in total. The van der Waals surface area contributed by atoms with Crippen LogP contribution in [0.3, 0.4) is 0 Å². The fourth-order valence-electron chi connectivity index (χ4n) is 2.58. The molecular weight excluding hydrogens is 384 g/mol. The Kier molecular flexibility index (Phi) is 6.16. The van der Waals surface area contributed by atoms with E-state index in [1.165, 1.54) is 7.11 Å². The van der Waals surface area contributed by atoms with Gasteiger partial charge in [0.25, 0.3) is 5.89 Å². The molecule has 0 amide bonds. The van der Waals surface area contributed by atoms with E-state index in [0.29, 0.717) is 22.2 Å². The van der Waals surface area contributed by atoms with Gasteiger partial charge in [0.2, 0.25) is 5.89 Å². The summed E-state index contributed by atoms with van der Waals surface area (Å²) < 4.78 is 21.4. The van der Waals surface area contributed by atoms with Gasteiger partial charge in [0.05, 0.1) is 20.6 Å². The van der Waals surface area contributed by atoms with E-state index in [1.807, 2.05) is 0 Å². The third-order valence-electron chi connectivity index (χ3n) is 4.01. The summed E-state index contributed by atoms with van der Waals surface area (Å²) in [5.41, 5.74) is 1.37. The maximum absolute atomic E-state index is 12.3. The molecule has 0 N–H and O–H groups in total. The Morgan fingerprint density at radius 1 is 1.11 bits per heavy atom. The van der Waals surface area contributed by atoms with E-state index in [4.69, 9.17) is 30.2 Å². The minimum Gasteiger partial charge on any atom is -0.497 e. The summed E-state index contributed by atoms with van der Waals surface area (Å²) in [7, 11) is 3.12. The molecule has 8 heteroatoms. The Labute approximate surface area is 167 Å². The van der Waals surface area contributed by atoms with Crippen molar-refractivity contribution >= 4 is 17.6 Å². The van der Waals surface area contributed by atoms with Crippen LogP contribution in [0.2, 0.25) is 5.02 Å². The molecule has 0 aliphatic heterocycles. The zero-order chi connectivity index (χ0) is 20.1. The Balaban J connectivity index is 1.66. The van der Waals surface area contributed by atoms with Crippen LogP contribution in [0.25, 0.3) is 11.5 Å². The van der Waals surface area contributed by atoms with Gasteiger partial charge >= 0.3 is 5.97 Å². The molecule has 3 rings (SSSR count). The molecular formula is C20H19ClN2O5. The Bertz CT molecular complexity index is 955. The normalized spacial score (nSPS) is 11.7. The molecule has 0 aliphatic carbocycles. The highest BCUT2D eigenvalue weighted by Gasteiger charge is 2.20. The average molecular weight is 403 g/mol. The Hall–Kier alpha value is -3.06. The lowest BCUT2D eigenvalue weighted by Gasteiger charge is -2.11. The van der Waals surface area contributed by atoms with Gasteiger partial charge in [-0.25, -0.2) is 0 Å². The van der Waals surface area contributed by atoms with Gasteiger partial charge in [0, 0.05) is 16.1 Å². The van der Waals surface area contributed by atoms with Crippen molar-refractivity contribution in [2.24, 2.45) is 0 Å². The molecule has 28 heavy (non-hydrogen) atoms. The molecule has 2 aromatic carbocycles. The number of ether oxygens (including phenoxy) is 3. The third-order valence-corrected chi connectivity index (χ3v) is 4.25. The van der Waals surface area contributed by atoms with E-state index in [1.54, 1.807) is 56.5 Å². The van der Waals surface area contributed by atoms with Crippen LogP contribution in [0.4, 0.5) is 0 Å². The SMILES string of the molecule is COc1ccc(-c2nnc([C@H](C)OC(=O)Cc3cc(Cl)ccc3OC)o2)cc1. The van der Waals surface area contributed by atoms with Crippen molar-refractivity contribution in [3.8, 4) is 23.0 Å². The number of rotatable bonds is 7. The zero-order valence-electron chi connectivity index (χ0n) is 15.6. The van der Waals surface area contributed by atoms with Crippen LogP contribution in [0.5, 0.6) is 11.5 Å². The summed E-state index contributed by atoms with van der Waals surface area (Å²) >= 11 is 5.99. The number of halogens is 1. The summed E-state index contributed by atoms with van der Waals surface area (Å²) in [5.74, 6) is 1.36. The van der Waals surface area contributed by atoms with Crippen LogP contribution >= 0.6 is 11.6 Å². The molecule has 0 bridgehead atoms. The molecule has 0 unspecified atom stereocenters. The number of nitrogens with zero attached hydrogens (tertiary/aromatic N) is 2. The highest BCUT2D eigenvalue weighted by molar-refractivity contribution is 6.30. The van der Waals surface area contributed by atoms with Gasteiger partial charge in [0.1, 0.15) is 11.5 Å². The largest absolute Gasteiger partial charge is 0.497 e. The molecule has 146 valence electrons. The van der Waals surface area contributed by atoms with Gasteiger partial charge in [-0.3, -0.25) is 4.79 Å². The number of carbonyl (C=O) groups excluding carboxylic acids is 1. The predicted molar refractivity (Wildman–Crippen MR) is 103 cm³/mol. The number of esters is 1.